The number of rotatable bonds is 8. The summed E-state index contributed by atoms with van der Waals surface area (Å²) in [6, 6.07) is -0.381. The fraction of sp³-hybridized carbons (Fsp3) is 0.818. The van der Waals surface area contributed by atoms with Gasteiger partial charge in [0.15, 0.2) is 0 Å². The van der Waals surface area contributed by atoms with Crippen molar-refractivity contribution >= 4 is 22.8 Å². The highest BCUT2D eigenvalue weighted by molar-refractivity contribution is 7.84. The minimum atomic E-state index is -1.03. The monoisotopic (exact) mass is 278 g/mol. The molecule has 6 nitrogen and oxygen atoms in total. The van der Waals surface area contributed by atoms with E-state index in [1.807, 2.05) is 13.8 Å². The van der Waals surface area contributed by atoms with Crippen molar-refractivity contribution in [2.24, 2.45) is 0 Å². The Balaban J connectivity index is 4.10. The van der Waals surface area contributed by atoms with Gasteiger partial charge < -0.3 is 15.3 Å². The second kappa shape index (κ2) is 8.91. The molecule has 106 valence electrons. The number of aliphatic carboxylic acids is 1. The van der Waals surface area contributed by atoms with E-state index in [0.29, 0.717) is 25.9 Å². The molecule has 2 atom stereocenters. The van der Waals surface area contributed by atoms with Crippen molar-refractivity contribution < 1.29 is 18.9 Å². The fourth-order valence-corrected chi connectivity index (χ4v) is 1.80. The number of nitrogens with one attached hydrogen (secondary N) is 1. The Labute approximate surface area is 110 Å². The molecule has 0 spiro atoms. The first kappa shape index (κ1) is 16.9. The molecule has 0 bridgehead atoms. The largest absolute Gasteiger partial charge is 0.480 e. The van der Waals surface area contributed by atoms with Gasteiger partial charge in [0.2, 0.25) is 0 Å². The van der Waals surface area contributed by atoms with Crippen LogP contribution in [0.3, 0.4) is 0 Å². The number of carboxylic acids is 1. The fourth-order valence-electron chi connectivity index (χ4n) is 1.35. The van der Waals surface area contributed by atoms with Crippen LogP contribution in [-0.4, -0.2) is 57.4 Å². The lowest BCUT2D eigenvalue weighted by Crippen LogP contribution is -2.43. The summed E-state index contributed by atoms with van der Waals surface area (Å²) in [5, 5.41) is 11.3. The number of carboxylic acid groups (broad SMARTS) is 1. The Kier molecular flexibility index (Phi) is 8.36. The number of carbonyl (C=O) groups is 2. The molecule has 2 N–H and O–H groups in total. The van der Waals surface area contributed by atoms with Crippen LogP contribution < -0.4 is 5.32 Å². The summed E-state index contributed by atoms with van der Waals surface area (Å²) in [6.07, 6.45) is 2.94. The van der Waals surface area contributed by atoms with Crippen molar-refractivity contribution in [3.63, 3.8) is 0 Å². The third-order valence-electron chi connectivity index (χ3n) is 2.50. The van der Waals surface area contributed by atoms with Crippen LogP contribution in [0, 0.1) is 0 Å². The van der Waals surface area contributed by atoms with Crippen LogP contribution in [-0.2, 0) is 15.6 Å². The molecule has 0 saturated heterocycles. The Bertz CT molecular complexity index is 309. The van der Waals surface area contributed by atoms with Gasteiger partial charge in [-0.1, -0.05) is 13.8 Å². The zero-order valence-corrected chi connectivity index (χ0v) is 12.0. The summed E-state index contributed by atoms with van der Waals surface area (Å²) in [7, 11) is -0.907. The number of amides is 2. The van der Waals surface area contributed by atoms with Gasteiger partial charge >= 0.3 is 12.0 Å². The maximum absolute atomic E-state index is 11.7. The van der Waals surface area contributed by atoms with Gasteiger partial charge in [-0.2, -0.15) is 0 Å². The zero-order valence-electron chi connectivity index (χ0n) is 11.1. The van der Waals surface area contributed by atoms with Crippen LogP contribution in [0.5, 0.6) is 0 Å². The normalized spacial score (nSPS) is 13.7. The maximum atomic E-state index is 11.7. The summed E-state index contributed by atoms with van der Waals surface area (Å²) >= 11 is 0. The van der Waals surface area contributed by atoms with E-state index in [0.717, 1.165) is 0 Å². The lowest BCUT2D eigenvalue weighted by molar-refractivity contribution is -0.137. The Morgan fingerprint density at radius 3 is 2.50 bits per heavy atom. The highest BCUT2D eigenvalue weighted by Gasteiger charge is 2.15. The van der Waals surface area contributed by atoms with Crippen LogP contribution in [0.4, 0.5) is 4.79 Å². The standard InChI is InChI=1S/C11H22N2O4S/c1-4-7-13(8-10(14)15)11(16)12-6-5-9(2)18(3)17/h9H,4-8H2,1-3H3,(H,12,16)(H,14,15). The van der Waals surface area contributed by atoms with Crippen molar-refractivity contribution in [1.29, 1.82) is 0 Å². The molecule has 0 aromatic carbocycles. The molecule has 0 rings (SSSR count). The molecule has 0 aliphatic rings. The van der Waals surface area contributed by atoms with Gasteiger partial charge in [0.25, 0.3) is 0 Å². The average Bonchev–Trinajstić information content (AvgIpc) is 2.27. The van der Waals surface area contributed by atoms with E-state index in [9.17, 15) is 13.8 Å². The second-order valence-corrected chi connectivity index (χ2v) is 5.95. The molecule has 0 aromatic heterocycles. The molecule has 18 heavy (non-hydrogen) atoms. The van der Waals surface area contributed by atoms with Gasteiger partial charge in [-0.25, -0.2) is 4.79 Å². The van der Waals surface area contributed by atoms with Crippen molar-refractivity contribution in [3.05, 3.63) is 0 Å². The van der Waals surface area contributed by atoms with Crippen LogP contribution in [0.25, 0.3) is 0 Å². The molecule has 0 saturated carbocycles. The highest BCUT2D eigenvalue weighted by Crippen LogP contribution is 1.98. The smallest absolute Gasteiger partial charge is 0.323 e. The summed E-state index contributed by atoms with van der Waals surface area (Å²) in [6.45, 7) is 4.25. The lowest BCUT2D eigenvalue weighted by Gasteiger charge is -2.20. The summed E-state index contributed by atoms with van der Waals surface area (Å²) in [4.78, 5) is 23.6. The third-order valence-corrected chi connectivity index (χ3v) is 3.87. The van der Waals surface area contributed by atoms with Crippen molar-refractivity contribution in [2.45, 2.75) is 31.9 Å². The molecule has 7 heteroatoms. The SMILES string of the molecule is CCCN(CC(=O)O)C(=O)NCCC(C)S(C)=O. The molecule has 2 amide bonds. The van der Waals surface area contributed by atoms with Crippen molar-refractivity contribution in [3.8, 4) is 0 Å². The van der Waals surface area contributed by atoms with Gasteiger partial charge in [-0.05, 0) is 12.8 Å². The number of nitrogens with zero attached hydrogens (tertiary/aromatic N) is 1. The van der Waals surface area contributed by atoms with E-state index in [-0.39, 0.29) is 17.8 Å². The van der Waals surface area contributed by atoms with E-state index in [1.165, 1.54) is 4.90 Å². The predicted molar refractivity (Wildman–Crippen MR) is 71.0 cm³/mol. The molecule has 0 fully saturated rings. The van der Waals surface area contributed by atoms with Crippen LogP contribution in [0.2, 0.25) is 0 Å². The molecule has 0 heterocycles. The first-order valence-electron chi connectivity index (χ1n) is 5.95. The Morgan fingerprint density at radius 1 is 1.44 bits per heavy atom. The number of hydrogen-bond acceptors (Lipinski definition) is 3. The quantitative estimate of drug-likeness (QED) is 0.682. The number of carbonyl (C=O) groups excluding carboxylic acids is 1. The first-order chi connectivity index (χ1) is 8.38. The molecular weight excluding hydrogens is 256 g/mol. The average molecular weight is 278 g/mol. The van der Waals surface area contributed by atoms with Crippen molar-refractivity contribution in [1.82, 2.24) is 10.2 Å². The Hall–Kier alpha value is -1.11. The first-order valence-corrected chi connectivity index (χ1v) is 7.57. The second-order valence-electron chi connectivity index (χ2n) is 4.15. The van der Waals surface area contributed by atoms with Crippen LogP contribution >= 0.6 is 0 Å². The minimum absolute atomic E-state index is 0.0180. The van der Waals surface area contributed by atoms with Gasteiger partial charge in [-0.3, -0.25) is 9.00 Å². The predicted octanol–water partition coefficient (Wildman–Crippen LogP) is 0.650. The maximum Gasteiger partial charge on any atom is 0.323 e. The molecule has 0 radical (unpaired) electrons. The summed E-state index contributed by atoms with van der Waals surface area (Å²) in [5.74, 6) is -1.03. The summed E-state index contributed by atoms with van der Waals surface area (Å²) < 4.78 is 11.1. The molecular formula is C11H22N2O4S. The minimum Gasteiger partial charge on any atom is -0.480 e. The van der Waals surface area contributed by atoms with Crippen LogP contribution in [0.1, 0.15) is 26.7 Å². The van der Waals surface area contributed by atoms with E-state index >= 15 is 0 Å². The van der Waals surface area contributed by atoms with Crippen LogP contribution in [0.15, 0.2) is 0 Å². The lowest BCUT2D eigenvalue weighted by atomic mass is 10.3. The number of urea groups is 1. The zero-order chi connectivity index (χ0) is 14.1. The summed E-state index contributed by atoms with van der Waals surface area (Å²) in [5.41, 5.74) is 0. The Morgan fingerprint density at radius 2 is 2.06 bits per heavy atom. The molecule has 0 aliphatic heterocycles. The number of hydrogen-bond donors (Lipinski definition) is 2. The van der Waals surface area contributed by atoms with E-state index in [2.05, 4.69) is 5.32 Å². The van der Waals surface area contributed by atoms with Gasteiger partial charge in [0.05, 0.1) is 0 Å². The molecule has 0 aromatic rings. The van der Waals surface area contributed by atoms with E-state index in [1.54, 1.807) is 6.26 Å². The van der Waals surface area contributed by atoms with E-state index in [4.69, 9.17) is 5.11 Å². The highest BCUT2D eigenvalue weighted by atomic mass is 32.2. The van der Waals surface area contributed by atoms with Gasteiger partial charge in [-0.15, -0.1) is 0 Å². The molecule has 2 unspecified atom stereocenters. The molecule has 0 aliphatic carbocycles. The topological polar surface area (TPSA) is 86.7 Å². The van der Waals surface area contributed by atoms with E-state index < -0.39 is 16.8 Å². The van der Waals surface area contributed by atoms with Crippen molar-refractivity contribution in [2.75, 3.05) is 25.9 Å². The van der Waals surface area contributed by atoms with Gasteiger partial charge in [0.1, 0.15) is 6.54 Å². The third kappa shape index (κ3) is 7.26. The van der Waals surface area contributed by atoms with Gasteiger partial charge in [0, 0.05) is 35.4 Å².